The van der Waals surface area contributed by atoms with Gasteiger partial charge in [-0.25, -0.2) is 0 Å². The van der Waals surface area contributed by atoms with Gasteiger partial charge in [-0.1, -0.05) is 52.9 Å². The van der Waals surface area contributed by atoms with E-state index in [9.17, 15) is 9.59 Å². The molecular weight excluding hydrogens is 308 g/mol. The van der Waals surface area contributed by atoms with Gasteiger partial charge in [-0.15, -0.1) is 10.2 Å². The molecule has 0 fully saturated rings. The number of fused-ring (bicyclic) bond motifs is 1. The summed E-state index contributed by atoms with van der Waals surface area (Å²) in [6.07, 6.45) is 1.11. The average Bonchev–Trinajstić information content (AvgIpc) is 2.90. The Balaban J connectivity index is 1.74. The topological polar surface area (TPSA) is 77.2 Å². The predicted molar refractivity (Wildman–Crippen MR) is 81.2 cm³/mol. The van der Waals surface area contributed by atoms with Gasteiger partial charge in [-0.3, -0.25) is 9.59 Å². The number of carbonyl (C=O) groups excluding carboxylic acids is 1. The zero-order valence-electron chi connectivity index (χ0n) is 11.0. The van der Waals surface area contributed by atoms with Crippen molar-refractivity contribution < 1.29 is 4.79 Å². The number of hydrogen-bond donors (Lipinski definition) is 0. The number of aromatic nitrogens is 4. The van der Waals surface area contributed by atoms with Crippen LogP contribution in [0.5, 0.6) is 0 Å². The first-order valence-corrected chi connectivity index (χ1v) is 7.88. The van der Waals surface area contributed by atoms with Gasteiger partial charge in [0.25, 0.3) is 5.56 Å². The molecule has 2 aromatic heterocycles. The number of hydrogen-bond acceptors (Lipinski definition) is 7. The van der Waals surface area contributed by atoms with Gasteiger partial charge in [-0.2, -0.15) is 9.61 Å². The molecule has 0 atom stereocenters. The number of benzene rings is 1. The van der Waals surface area contributed by atoms with Crippen molar-refractivity contribution in [2.75, 3.05) is 5.75 Å². The van der Waals surface area contributed by atoms with E-state index >= 15 is 0 Å². The Morgan fingerprint density at radius 1 is 1.33 bits per heavy atom. The summed E-state index contributed by atoms with van der Waals surface area (Å²) in [5, 5.41) is 11.5. The van der Waals surface area contributed by atoms with Crippen molar-refractivity contribution in [3.05, 3.63) is 51.9 Å². The van der Waals surface area contributed by atoms with Crippen LogP contribution in [0.2, 0.25) is 0 Å². The molecule has 0 saturated heterocycles. The highest BCUT2D eigenvalue weighted by Gasteiger charge is 2.11. The second kappa shape index (κ2) is 5.74. The Morgan fingerprint density at radius 3 is 2.81 bits per heavy atom. The highest BCUT2D eigenvalue weighted by molar-refractivity contribution is 8.01. The van der Waals surface area contributed by atoms with Crippen LogP contribution >= 0.6 is 23.1 Å². The maximum absolute atomic E-state index is 12.1. The third-order valence-corrected chi connectivity index (χ3v) is 4.79. The molecule has 21 heavy (non-hydrogen) atoms. The fourth-order valence-electron chi connectivity index (χ4n) is 1.66. The molecule has 0 bridgehead atoms. The van der Waals surface area contributed by atoms with Gasteiger partial charge >= 0.3 is 0 Å². The molecule has 0 aliphatic rings. The van der Waals surface area contributed by atoms with E-state index in [0.29, 0.717) is 14.9 Å². The van der Waals surface area contributed by atoms with Crippen molar-refractivity contribution in [1.29, 1.82) is 0 Å². The first-order chi connectivity index (χ1) is 10.1. The van der Waals surface area contributed by atoms with Gasteiger partial charge in [0.1, 0.15) is 6.20 Å². The van der Waals surface area contributed by atoms with E-state index in [4.69, 9.17) is 0 Å². The van der Waals surface area contributed by atoms with Crippen LogP contribution < -0.4 is 5.56 Å². The third-order valence-electron chi connectivity index (χ3n) is 2.76. The molecule has 0 amide bonds. The Hall–Kier alpha value is -2.06. The van der Waals surface area contributed by atoms with E-state index in [0.717, 1.165) is 11.8 Å². The van der Waals surface area contributed by atoms with Crippen molar-refractivity contribution in [3.8, 4) is 0 Å². The molecule has 0 unspecified atom stereocenters. The summed E-state index contributed by atoms with van der Waals surface area (Å²) in [5.74, 6) is 0.295. The summed E-state index contributed by atoms with van der Waals surface area (Å²) < 4.78 is 1.81. The van der Waals surface area contributed by atoms with Gasteiger partial charge in [0.2, 0.25) is 4.96 Å². The Bertz CT molecular complexity index is 854. The maximum Gasteiger partial charge on any atom is 0.293 e. The maximum atomic E-state index is 12.1. The van der Waals surface area contributed by atoms with E-state index in [1.54, 1.807) is 0 Å². The molecule has 106 valence electrons. The molecule has 3 aromatic rings. The quantitative estimate of drug-likeness (QED) is 0.539. The largest absolute Gasteiger partial charge is 0.293 e. The number of nitrogens with zero attached hydrogens (tertiary/aromatic N) is 4. The molecule has 0 spiro atoms. The van der Waals surface area contributed by atoms with Crippen molar-refractivity contribution in [3.63, 3.8) is 0 Å². The number of rotatable bonds is 4. The van der Waals surface area contributed by atoms with Gasteiger partial charge in [-0.05, 0) is 6.92 Å². The molecular formula is C13H10N4O2S2. The summed E-state index contributed by atoms with van der Waals surface area (Å²) in [6, 6.07) is 7.44. The fraction of sp³-hybridized carbons (Fsp3) is 0.154. The van der Waals surface area contributed by atoms with E-state index in [-0.39, 0.29) is 17.1 Å². The second-order valence-corrected chi connectivity index (χ2v) is 6.50. The smallest absolute Gasteiger partial charge is 0.293 e. The lowest BCUT2D eigenvalue weighted by molar-refractivity contribution is 0.102. The lowest BCUT2D eigenvalue weighted by Gasteiger charge is -1.99. The number of ketones is 1. The average molecular weight is 318 g/mol. The number of Topliss-reactive ketones (excluding diaryl/α,β-unsaturated/α-hetero) is 1. The van der Waals surface area contributed by atoms with Crippen LogP contribution in [0.4, 0.5) is 0 Å². The molecule has 0 aliphatic heterocycles. The Morgan fingerprint density at radius 2 is 2.10 bits per heavy atom. The normalized spacial score (nSPS) is 10.9. The first-order valence-electron chi connectivity index (χ1n) is 6.08. The SMILES string of the molecule is Cc1ccc(C(=O)CSc2nn3c(=O)cnnc3s2)cc1. The van der Waals surface area contributed by atoms with E-state index in [1.807, 2.05) is 31.2 Å². The van der Waals surface area contributed by atoms with Crippen molar-refractivity contribution in [1.82, 2.24) is 19.8 Å². The van der Waals surface area contributed by atoms with E-state index in [1.165, 1.54) is 27.6 Å². The van der Waals surface area contributed by atoms with E-state index in [2.05, 4.69) is 15.3 Å². The van der Waals surface area contributed by atoms with E-state index < -0.39 is 0 Å². The lowest BCUT2D eigenvalue weighted by Crippen LogP contribution is -2.14. The molecule has 2 heterocycles. The molecule has 1 aromatic carbocycles. The summed E-state index contributed by atoms with van der Waals surface area (Å²) in [7, 11) is 0. The molecule has 8 heteroatoms. The molecule has 0 aliphatic carbocycles. The molecule has 3 rings (SSSR count). The summed E-state index contributed by atoms with van der Waals surface area (Å²) in [6.45, 7) is 1.98. The highest BCUT2D eigenvalue weighted by Crippen LogP contribution is 2.23. The first kappa shape index (κ1) is 13.9. The van der Waals surface area contributed by atoms with Gasteiger partial charge in [0, 0.05) is 5.56 Å². The number of aryl methyl sites for hydroxylation is 1. The minimum absolute atomic E-state index is 0.0256. The molecule has 6 nitrogen and oxygen atoms in total. The summed E-state index contributed by atoms with van der Waals surface area (Å²) in [5.41, 5.74) is 1.46. The molecule has 0 N–H and O–H groups in total. The summed E-state index contributed by atoms with van der Waals surface area (Å²) >= 11 is 2.53. The predicted octanol–water partition coefficient (Wildman–Crippen LogP) is 1.83. The minimum atomic E-state index is -0.326. The third kappa shape index (κ3) is 3.01. The summed E-state index contributed by atoms with van der Waals surface area (Å²) in [4.78, 5) is 24.0. The zero-order valence-corrected chi connectivity index (χ0v) is 12.6. The second-order valence-electron chi connectivity index (χ2n) is 4.32. The van der Waals surface area contributed by atoms with Crippen LogP contribution in [0.1, 0.15) is 15.9 Å². The van der Waals surface area contributed by atoms with Crippen LogP contribution in [0.3, 0.4) is 0 Å². The standard InChI is InChI=1S/C13H10N4O2S2/c1-8-2-4-9(5-3-8)10(18)7-20-13-16-17-11(19)6-14-15-12(17)21-13/h2-6H,7H2,1H3. The van der Waals surface area contributed by atoms with Crippen LogP contribution in [0.25, 0.3) is 4.96 Å². The van der Waals surface area contributed by atoms with Crippen LogP contribution in [-0.4, -0.2) is 31.3 Å². The van der Waals surface area contributed by atoms with Crippen LogP contribution in [0.15, 0.2) is 39.6 Å². The van der Waals surface area contributed by atoms with Crippen molar-refractivity contribution >= 4 is 33.8 Å². The monoisotopic (exact) mass is 318 g/mol. The van der Waals surface area contributed by atoms with Crippen LogP contribution in [-0.2, 0) is 0 Å². The Labute approximate surface area is 127 Å². The highest BCUT2D eigenvalue weighted by atomic mass is 32.2. The van der Waals surface area contributed by atoms with Crippen LogP contribution in [0, 0.1) is 6.92 Å². The molecule has 0 radical (unpaired) electrons. The van der Waals surface area contributed by atoms with Gasteiger partial charge in [0.15, 0.2) is 10.1 Å². The van der Waals surface area contributed by atoms with Gasteiger partial charge in [0.05, 0.1) is 5.75 Å². The van der Waals surface area contributed by atoms with Crippen molar-refractivity contribution in [2.45, 2.75) is 11.3 Å². The minimum Gasteiger partial charge on any atom is -0.293 e. The number of thioether (sulfide) groups is 1. The lowest BCUT2D eigenvalue weighted by atomic mass is 10.1. The Kier molecular flexibility index (Phi) is 3.80. The van der Waals surface area contributed by atoms with Crippen molar-refractivity contribution in [2.24, 2.45) is 0 Å². The zero-order chi connectivity index (χ0) is 14.8. The fourth-order valence-corrected chi connectivity index (χ4v) is 3.44. The number of carbonyl (C=O) groups is 1. The molecule has 0 saturated carbocycles. The van der Waals surface area contributed by atoms with Gasteiger partial charge < -0.3 is 0 Å².